The summed E-state index contributed by atoms with van der Waals surface area (Å²) in [6, 6.07) is 20.1. The van der Waals surface area contributed by atoms with Crippen LogP contribution in [0.2, 0.25) is 0 Å². The molecule has 2 aromatic rings. The van der Waals surface area contributed by atoms with Crippen molar-refractivity contribution in [2.24, 2.45) is 0 Å². The lowest BCUT2D eigenvalue weighted by atomic mass is 10.0. The van der Waals surface area contributed by atoms with Gasteiger partial charge in [0.15, 0.2) is 0 Å². The second kappa shape index (κ2) is 8.67. The van der Waals surface area contributed by atoms with E-state index in [2.05, 4.69) is 17.4 Å². The van der Waals surface area contributed by atoms with Gasteiger partial charge in [0, 0.05) is 13.1 Å². The molecule has 4 nitrogen and oxygen atoms in total. The van der Waals surface area contributed by atoms with E-state index in [0.717, 1.165) is 18.8 Å². The average Bonchev–Trinajstić information content (AvgIpc) is 2.63. The fourth-order valence-corrected chi connectivity index (χ4v) is 2.69. The molecule has 1 N–H and O–H groups in total. The van der Waals surface area contributed by atoms with Gasteiger partial charge in [0.05, 0.1) is 13.2 Å². The Hall–Kier alpha value is -1.88. The molecule has 1 aliphatic heterocycles. The first kappa shape index (κ1) is 16.0. The van der Waals surface area contributed by atoms with Gasteiger partial charge in [-0.3, -0.25) is 0 Å². The SMILES string of the molecule is c1ccc(OCCNC[C@H]2OCCO[C@H]2c2ccccc2)cc1. The number of hydrogen-bond acceptors (Lipinski definition) is 4. The summed E-state index contributed by atoms with van der Waals surface area (Å²) in [4.78, 5) is 0. The zero-order chi connectivity index (χ0) is 15.7. The molecule has 0 unspecified atom stereocenters. The van der Waals surface area contributed by atoms with E-state index in [0.29, 0.717) is 19.8 Å². The third kappa shape index (κ3) is 4.79. The van der Waals surface area contributed by atoms with Gasteiger partial charge in [0.25, 0.3) is 0 Å². The molecule has 0 amide bonds. The minimum absolute atomic E-state index is 0.00695. The maximum Gasteiger partial charge on any atom is 0.119 e. The molecule has 0 aliphatic carbocycles. The van der Waals surface area contributed by atoms with Crippen LogP contribution in [0.3, 0.4) is 0 Å². The Balaban J connectivity index is 1.43. The van der Waals surface area contributed by atoms with Gasteiger partial charge in [-0.1, -0.05) is 48.5 Å². The number of rotatable bonds is 7. The van der Waals surface area contributed by atoms with Crippen molar-refractivity contribution in [1.29, 1.82) is 0 Å². The highest BCUT2D eigenvalue weighted by molar-refractivity contribution is 5.21. The molecule has 23 heavy (non-hydrogen) atoms. The Labute approximate surface area is 137 Å². The van der Waals surface area contributed by atoms with Crippen LogP contribution in [0, 0.1) is 0 Å². The van der Waals surface area contributed by atoms with Crippen molar-refractivity contribution >= 4 is 0 Å². The third-order valence-electron chi connectivity index (χ3n) is 3.81. The lowest BCUT2D eigenvalue weighted by Gasteiger charge is -2.32. The maximum atomic E-state index is 5.91. The predicted molar refractivity (Wildman–Crippen MR) is 89.7 cm³/mol. The second-order valence-electron chi connectivity index (χ2n) is 5.48. The number of para-hydroxylation sites is 1. The van der Waals surface area contributed by atoms with Crippen LogP contribution in [0.15, 0.2) is 60.7 Å². The maximum absolute atomic E-state index is 5.91. The first-order chi connectivity index (χ1) is 11.4. The van der Waals surface area contributed by atoms with Gasteiger partial charge >= 0.3 is 0 Å². The molecule has 4 heteroatoms. The minimum atomic E-state index is -0.00695. The van der Waals surface area contributed by atoms with E-state index in [9.17, 15) is 0 Å². The van der Waals surface area contributed by atoms with Crippen molar-refractivity contribution in [1.82, 2.24) is 5.32 Å². The van der Waals surface area contributed by atoms with E-state index in [1.807, 2.05) is 48.5 Å². The van der Waals surface area contributed by atoms with Crippen molar-refractivity contribution < 1.29 is 14.2 Å². The number of nitrogens with one attached hydrogen (secondary N) is 1. The quantitative estimate of drug-likeness (QED) is 0.798. The summed E-state index contributed by atoms with van der Waals surface area (Å²) < 4.78 is 17.5. The first-order valence-electron chi connectivity index (χ1n) is 8.10. The summed E-state index contributed by atoms with van der Waals surface area (Å²) in [5.74, 6) is 0.897. The fourth-order valence-electron chi connectivity index (χ4n) is 2.69. The Morgan fingerprint density at radius 1 is 0.913 bits per heavy atom. The fraction of sp³-hybridized carbons (Fsp3) is 0.368. The molecule has 3 rings (SSSR count). The Kier molecular flexibility index (Phi) is 6.03. The van der Waals surface area contributed by atoms with Crippen LogP contribution in [-0.4, -0.2) is 39.0 Å². The molecule has 0 aromatic heterocycles. The lowest BCUT2D eigenvalue weighted by Crippen LogP contribution is -2.40. The van der Waals surface area contributed by atoms with Gasteiger partial charge < -0.3 is 19.5 Å². The van der Waals surface area contributed by atoms with Gasteiger partial charge in [-0.2, -0.15) is 0 Å². The highest BCUT2D eigenvalue weighted by Gasteiger charge is 2.27. The molecule has 122 valence electrons. The summed E-state index contributed by atoms with van der Waals surface area (Å²) in [7, 11) is 0. The molecule has 1 aliphatic rings. The van der Waals surface area contributed by atoms with E-state index >= 15 is 0 Å². The highest BCUT2D eigenvalue weighted by atomic mass is 16.6. The zero-order valence-electron chi connectivity index (χ0n) is 13.2. The topological polar surface area (TPSA) is 39.7 Å². The molecule has 0 bridgehead atoms. The van der Waals surface area contributed by atoms with Crippen LogP contribution in [0.5, 0.6) is 5.75 Å². The molecule has 1 saturated heterocycles. The van der Waals surface area contributed by atoms with Crippen molar-refractivity contribution in [2.75, 3.05) is 32.9 Å². The molecule has 0 radical (unpaired) electrons. The summed E-state index contributed by atoms with van der Waals surface area (Å²) >= 11 is 0. The van der Waals surface area contributed by atoms with Crippen LogP contribution in [0.4, 0.5) is 0 Å². The molecule has 0 spiro atoms. The lowest BCUT2D eigenvalue weighted by molar-refractivity contribution is -0.140. The number of benzene rings is 2. The van der Waals surface area contributed by atoms with Crippen LogP contribution in [-0.2, 0) is 9.47 Å². The molecule has 0 saturated carbocycles. The van der Waals surface area contributed by atoms with Crippen LogP contribution < -0.4 is 10.1 Å². The Morgan fingerprint density at radius 3 is 2.39 bits per heavy atom. The zero-order valence-corrected chi connectivity index (χ0v) is 13.2. The second-order valence-corrected chi connectivity index (χ2v) is 5.48. The van der Waals surface area contributed by atoms with Gasteiger partial charge in [-0.15, -0.1) is 0 Å². The van der Waals surface area contributed by atoms with E-state index in [1.165, 1.54) is 5.56 Å². The Bertz CT molecular complexity index is 561. The average molecular weight is 313 g/mol. The Morgan fingerprint density at radius 2 is 1.61 bits per heavy atom. The van der Waals surface area contributed by atoms with Crippen LogP contribution >= 0.6 is 0 Å². The van der Waals surface area contributed by atoms with E-state index in [1.54, 1.807) is 0 Å². The first-order valence-corrected chi connectivity index (χ1v) is 8.10. The molecule has 1 fully saturated rings. The van der Waals surface area contributed by atoms with Crippen molar-refractivity contribution in [2.45, 2.75) is 12.2 Å². The number of hydrogen-bond donors (Lipinski definition) is 1. The molecule has 2 atom stereocenters. The summed E-state index contributed by atoms with van der Waals surface area (Å²) in [5.41, 5.74) is 1.17. The van der Waals surface area contributed by atoms with Gasteiger partial charge in [-0.05, 0) is 17.7 Å². The third-order valence-corrected chi connectivity index (χ3v) is 3.81. The van der Waals surface area contributed by atoms with Gasteiger partial charge in [-0.25, -0.2) is 0 Å². The van der Waals surface area contributed by atoms with Gasteiger partial charge in [0.1, 0.15) is 24.6 Å². The van der Waals surface area contributed by atoms with Crippen molar-refractivity contribution in [3.05, 3.63) is 66.2 Å². The molecule has 1 heterocycles. The summed E-state index contributed by atoms with van der Waals surface area (Å²) in [5, 5.41) is 3.40. The summed E-state index contributed by atoms with van der Waals surface area (Å²) in [6.45, 7) is 3.45. The predicted octanol–water partition coefficient (Wildman–Crippen LogP) is 2.81. The van der Waals surface area contributed by atoms with E-state index in [-0.39, 0.29) is 12.2 Å². The van der Waals surface area contributed by atoms with Crippen molar-refractivity contribution in [3.8, 4) is 5.75 Å². The van der Waals surface area contributed by atoms with Crippen molar-refractivity contribution in [3.63, 3.8) is 0 Å². The van der Waals surface area contributed by atoms with Crippen LogP contribution in [0.1, 0.15) is 11.7 Å². The highest BCUT2D eigenvalue weighted by Crippen LogP contribution is 2.26. The van der Waals surface area contributed by atoms with E-state index < -0.39 is 0 Å². The normalized spacial score (nSPS) is 21.0. The smallest absolute Gasteiger partial charge is 0.119 e. The number of ether oxygens (including phenoxy) is 3. The molecule has 2 aromatic carbocycles. The van der Waals surface area contributed by atoms with E-state index in [4.69, 9.17) is 14.2 Å². The largest absolute Gasteiger partial charge is 0.492 e. The monoisotopic (exact) mass is 313 g/mol. The summed E-state index contributed by atoms with van der Waals surface area (Å²) in [6.07, 6.45) is 0.0235. The standard InChI is InChI=1S/C19H23NO3/c1-3-7-16(8-4-1)19-18(22-13-14-23-19)15-20-11-12-21-17-9-5-2-6-10-17/h1-10,18-20H,11-15H2/t18-,19+/m1/s1. The molecular formula is C19H23NO3. The molecular weight excluding hydrogens is 290 g/mol. The minimum Gasteiger partial charge on any atom is -0.492 e. The van der Waals surface area contributed by atoms with Crippen LogP contribution in [0.25, 0.3) is 0 Å². The van der Waals surface area contributed by atoms with Gasteiger partial charge in [0.2, 0.25) is 0 Å².